The zero-order chi connectivity index (χ0) is 23.9. The standard InChI is InChI=1S/C28H27N3O3S/c1-18-5-7-19(8-6-18)26-14-24-27(35-26)28(32)31(17-29-24)21-9-10-25-20(12-21)13-23(34-25)15-30-11-3-4-22(30)16-33-2/h5-10,12-14,17,22H,3-4,11,15-16H2,1-2H3/t22-/m1/s1. The molecule has 178 valence electrons. The van der Waals surface area contributed by atoms with Crippen LogP contribution in [0.25, 0.3) is 37.3 Å². The molecule has 2 aromatic carbocycles. The second-order valence-electron chi connectivity index (χ2n) is 9.27. The van der Waals surface area contributed by atoms with Gasteiger partial charge in [0.15, 0.2) is 0 Å². The predicted octanol–water partition coefficient (Wildman–Crippen LogP) is 5.78. The minimum Gasteiger partial charge on any atom is -0.460 e. The lowest BCUT2D eigenvalue weighted by molar-refractivity contribution is 0.108. The van der Waals surface area contributed by atoms with Crippen LogP contribution in [0.2, 0.25) is 0 Å². The Morgan fingerprint density at radius 3 is 2.83 bits per heavy atom. The van der Waals surface area contributed by atoms with Gasteiger partial charge in [-0.1, -0.05) is 29.8 Å². The van der Waals surface area contributed by atoms with E-state index < -0.39 is 0 Å². The minimum atomic E-state index is -0.0547. The Balaban J connectivity index is 1.31. The maximum Gasteiger partial charge on any atom is 0.275 e. The highest BCUT2D eigenvalue weighted by Gasteiger charge is 2.25. The summed E-state index contributed by atoms with van der Waals surface area (Å²) in [4.78, 5) is 21.5. The molecule has 3 aromatic heterocycles. The number of nitrogens with zero attached hydrogens (tertiary/aromatic N) is 3. The summed E-state index contributed by atoms with van der Waals surface area (Å²) in [5.74, 6) is 0.932. The fourth-order valence-corrected chi connectivity index (χ4v) is 6.00. The third kappa shape index (κ3) is 4.20. The molecule has 1 atom stereocenters. The Kier molecular flexibility index (Phi) is 5.76. The van der Waals surface area contributed by atoms with Gasteiger partial charge in [-0.05, 0) is 62.2 Å². The summed E-state index contributed by atoms with van der Waals surface area (Å²) in [6.07, 6.45) is 3.97. The van der Waals surface area contributed by atoms with Gasteiger partial charge in [-0.25, -0.2) is 4.98 Å². The molecule has 1 aliphatic rings. The molecule has 0 unspecified atom stereocenters. The number of benzene rings is 2. The van der Waals surface area contributed by atoms with E-state index in [4.69, 9.17) is 9.15 Å². The third-order valence-corrected chi connectivity index (χ3v) is 7.98. The number of rotatable bonds is 6. The van der Waals surface area contributed by atoms with Crippen LogP contribution in [0.1, 0.15) is 24.2 Å². The first-order chi connectivity index (χ1) is 17.1. The van der Waals surface area contributed by atoms with Crippen molar-refractivity contribution >= 4 is 32.5 Å². The van der Waals surface area contributed by atoms with Crippen molar-refractivity contribution in [1.29, 1.82) is 0 Å². The Morgan fingerprint density at radius 1 is 1.14 bits per heavy atom. The first-order valence-corrected chi connectivity index (χ1v) is 12.7. The second kappa shape index (κ2) is 9.07. The molecule has 35 heavy (non-hydrogen) atoms. The third-order valence-electron chi connectivity index (χ3n) is 6.82. The van der Waals surface area contributed by atoms with Crippen LogP contribution in [0.4, 0.5) is 0 Å². The normalized spacial score (nSPS) is 16.6. The average Bonchev–Trinajstić information content (AvgIpc) is 3.58. The second-order valence-corrected chi connectivity index (χ2v) is 10.3. The average molecular weight is 486 g/mol. The zero-order valence-corrected chi connectivity index (χ0v) is 20.7. The number of hydrogen-bond donors (Lipinski definition) is 0. The molecule has 1 saturated heterocycles. The van der Waals surface area contributed by atoms with E-state index in [-0.39, 0.29) is 5.56 Å². The summed E-state index contributed by atoms with van der Waals surface area (Å²) in [7, 11) is 1.76. The van der Waals surface area contributed by atoms with E-state index >= 15 is 0 Å². The van der Waals surface area contributed by atoms with Crippen LogP contribution in [0.15, 0.2) is 70.1 Å². The number of aromatic nitrogens is 2. The van der Waals surface area contributed by atoms with Gasteiger partial charge in [0.2, 0.25) is 0 Å². The van der Waals surface area contributed by atoms with E-state index in [1.165, 1.54) is 23.3 Å². The molecule has 1 fully saturated rings. The van der Waals surface area contributed by atoms with Crippen LogP contribution < -0.4 is 5.56 Å². The van der Waals surface area contributed by atoms with Gasteiger partial charge in [0.25, 0.3) is 5.56 Å². The first kappa shape index (κ1) is 22.2. The van der Waals surface area contributed by atoms with E-state index in [1.54, 1.807) is 18.0 Å². The van der Waals surface area contributed by atoms with Gasteiger partial charge in [0.05, 0.1) is 24.4 Å². The maximum absolute atomic E-state index is 13.4. The Morgan fingerprint density at radius 2 is 2.00 bits per heavy atom. The highest BCUT2D eigenvalue weighted by molar-refractivity contribution is 7.22. The molecular formula is C28H27N3O3S. The van der Waals surface area contributed by atoms with Gasteiger partial charge in [-0.15, -0.1) is 11.3 Å². The molecule has 1 aliphatic heterocycles. The number of aryl methyl sites for hydroxylation is 1. The van der Waals surface area contributed by atoms with Crippen molar-refractivity contribution in [2.45, 2.75) is 32.4 Å². The first-order valence-electron chi connectivity index (χ1n) is 11.9. The van der Waals surface area contributed by atoms with E-state index in [2.05, 4.69) is 47.1 Å². The molecule has 6 rings (SSSR count). The topological polar surface area (TPSA) is 60.5 Å². The number of ether oxygens (including phenoxy) is 1. The molecule has 5 aromatic rings. The number of methoxy groups -OCH3 is 1. The lowest BCUT2D eigenvalue weighted by atomic mass is 10.1. The van der Waals surface area contributed by atoms with Gasteiger partial charge < -0.3 is 9.15 Å². The Hall–Kier alpha value is -3.26. The maximum atomic E-state index is 13.4. The summed E-state index contributed by atoms with van der Waals surface area (Å²) in [5.41, 5.74) is 4.60. The van der Waals surface area contributed by atoms with Crippen LogP contribution in [0.5, 0.6) is 0 Å². The highest BCUT2D eigenvalue weighted by Crippen LogP contribution is 2.31. The summed E-state index contributed by atoms with van der Waals surface area (Å²) in [5, 5.41) is 0.985. The van der Waals surface area contributed by atoms with Crippen LogP contribution in [0.3, 0.4) is 0 Å². The van der Waals surface area contributed by atoms with E-state index in [0.717, 1.165) is 64.5 Å². The monoisotopic (exact) mass is 485 g/mol. The SMILES string of the molecule is COC[C@H]1CCCN1Cc1cc2cc(-n3cnc4cc(-c5ccc(C)cc5)sc4c3=O)ccc2o1. The molecular weight excluding hydrogens is 458 g/mol. The van der Waals surface area contributed by atoms with Gasteiger partial charge in [0.1, 0.15) is 22.4 Å². The smallest absolute Gasteiger partial charge is 0.275 e. The van der Waals surface area contributed by atoms with Gasteiger partial charge >= 0.3 is 0 Å². The predicted molar refractivity (Wildman–Crippen MR) is 140 cm³/mol. The van der Waals surface area contributed by atoms with Crippen LogP contribution in [0, 0.1) is 6.92 Å². The highest BCUT2D eigenvalue weighted by atomic mass is 32.1. The fourth-order valence-electron chi connectivity index (χ4n) is 4.95. The molecule has 0 bridgehead atoms. The molecule has 0 spiro atoms. The summed E-state index contributed by atoms with van der Waals surface area (Å²) in [6.45, 7) is 4.64. The number of hydrogen-bond acceptors (Lipinski definition) is 6. The number of thiophene rings is 1. The molecule has 0 amide bonds. The van der Waals surface area contributed by atoms with E-state index in [0.29, 0.717) is 10.7 Å². The number of likely N-dealkylation sites (tertiary alicyclic amines) is 1. The quantitative estimate of drug-likeness (QED) is 0.305. The van der Waals surface area contributed by atoms with Crippen molar-refractivity contribution in [2.75, 3.05) is 20.3 Å². The van der Waals surface area contributed by atoms with Crippen molar-refractivity contribution in [2.24, 2.45) is 0 Å². The van der Waals surface area contributed by atoms with Gasteiger partial charge in [-0.3, -0.25) is 14.3 Å². The number of furan rings is 1. The fraction of sp³-hybridized carbons (Fsp3) is 0.286. The summed E-state index contributed by atoms with van der Waals surface area (Å²) in [6, 6.07) is 18.7. The Labute approximate surface area is 207 Å². The molecule has 0 saturated carbocycles. The summed E-state index contributed by atoms with van der Waals surface area (Å²) < 4.78 is 13.8. The molecule has 6 nitrogen and oxygen atoms in total. The van der Waals surface area contributed by atoms with Crippen LogP contribution >= 0.6 is 11.3 Å². The summed E-state index contributed by atoms with van der Waals surface area (Å²) >= 11 is 1.49. The van der Waals surface area contributed by atoms with Gasteiger partial charge in [0, 0.05) is 23.4 Å². The molecule has 0 radical (unpaired) electrons. The molecule has 0 N–H and O–H groups in total. The lowest BCUT2D eigenvalue weighted by Gasteiger charge is -2.22. The van der Waals surface area contributed by atoms with Crippen molar-refractivity contribution in [3.05, 3.63) is 82.6 Å². The minimum absolute atomic E-state index is 0.0547. The van der Waals surface area contributed by atoms with Crippen LogP contribution in [-0.4, -0.2) is 40.8 Å². The van der Waals surface area contributed by atoms with Crippen molar-refractivity contribution in [3.63, 3.8) is 0 Å². The van der Waals surface area contributed by atoms with Crippen molar-refractivity contribution in [1.82, 2.24) is 14.5 Å². The van der Waals surface area contributed by atoms with E-state index in [9.17, 15) is 4.79 Å². The van der Waals surface area contributed by atoms with Gasteiger partial charge in [-0.2, -0.15) is 0 Å². The molecule has 0 aliphatic carbocycles. The van der Waals surface area contributed by atoms with Crippen molar-refractivity contribution in [3.8, 4) is 16.1 Å². The molecule has 4 heterocycles. The lowest BCUT2D eigenvalue weighted by Crippen LogP contribution is -2.32. The largest absolute Gasteiger partial charge is 0.460 e. The van der Waals surface area contributed by atoms with E-state index in [1.807, 2.05) is 24.3 Å². The zero-order valence-electron chi connectivity index (χ0n) is 19.9. The van der Waals surface area contributed by atoms with Crippen molar-refractivity contribution < 1.29 is 9.15 Å². The number of fused-ring (bicyclic) bond motifs is 2. The van der Waals surface area contributed by atoms with Crippen LogP contribution in [-0.2, 0) is 11.3 Å². The Bertz CT molecular complexity index is 1560. The molecule has 7 heteroatoms.